The van der Waals surface area contributed by atoms with Crippen LogP contribution in [-0.4, -0.2) is 6.09 Å². The molecule has 1 radical (unpaired) electrons. The van der Waals surface area contributed by atoms with E-state index in [1.54, 1.807) is 12.1 Å². The third kappa shape index (κ3) is 2.63. The van der Waals surface area contributed by atoms with E-state index in [1.807, 2.05) is 13.0 Å². The highest BCUT2D eigenvalue weighted by Gasteiger charge is 2.04. The number of carbonyl (C=O) groups excluding carboxylic acids is 1. The molecule has 0 fully saturated rings. The Hall–Kier alpha value is -1.22. The van der Waals surface area contributed by atoms with Crippen LogP contribution in [0.2, 0.25) is 5.02 Å². The summed E-state index contributed by atoms with van der Waals surface area (Å²) in [5, 5.41) is 2.91. The molecule has 0 unspecified atom stereocenters. The zero-order chi connectivity index (χ0) is 9.84. The average molecular weight is 199 g/mol. The van der Waals surface area contributed by atoms with E-state index in [4.69, 9.17) is 11.6 Å². The number of anilines is 1. The third-order valence-electron chi connectivity index (χ3n) is 1.49. The Morgan fingerprint density at radius 1 is 1.62 bits per heavy atom. The largest absolute Gasteiger partial charge is 0.446 e. The van der Waals surface area contributed by atoms with E-state index in [0.717, 1.165) is 5.56 Å². The molecular formula is C9H9ClNO2. The number of ether oxygens (including phenoxy) is 1. The summed E-state index contributed by atoms with van der Waals surface area (Å²) in [4.78, 5) is 10.8. The molecule has 0 heterocycles. The molecule has 69 valence electrons. The van der Waals surface area contributed by atoms with Crippen molar-refractivity contribution in [3.63, 3.8) is 0 Å². The Bertz CT molecular complexity index is 325. The van der Waals surface area contributed by atoms with Crippen molar-refractivity contribution in [3.05, 3.63) is 35.9 Å². The molecule has 0 atom stereocenters. The van der Waals surface area contributed by atoms with E-state index in [-0.39, 0.29) is 0 Å². The minimum atomic E-state index is -0.634. The van der Waals surface area contributed by atoms with Crippen LogP contribution >= 0.6 is 11.6 Å². The fourth-order valence-corrected chi connectivity index (χ4v) is 1.15. The molecule has 0 aliphatic carbocycles. The summed E-state index contributed by atoms with van der Waals surface area (Å²) in [6.07, 6.45) is -0.634. The molecule has 1 N–H and O–H groups in total. The topological polar surface area (TPSA) is 38.3 Å². The number of hydrogen-bond acceptors (Lipinski definition) is 2. The maximum Gasteiger partial charge on any atom is 0.411 e. The molecular weight excluding hydrogens is 190 g/mol. The number of nitrogens with one attached hydrogen (secondary N) is 1. The second-order valence-electron chi connectivity index (χ2n) is 2.54. The molecule has 1 amide bonds. The molecule has 0 bridgehead atoms. The summed E-state index contributed by atoms with van der Waals surface area (Å²) in [5.74, 6) is 0. The lowest BCUT2D eigenvalue weighted by molar-refractivity contribution is 0.199. The predicted octanol–water partition coefficient (Wildman–Crippen LogP) is 2.99. The Labute approximate surface area is 81.7 Å². The van der Waals surface area contributed by atoms with Crippen molar-refractivity contribution in [2.24, 2.45) is 0 Å². The maximum atomic E-state index is 10.8. The van der Waals surface area contributed by atoms with E-state index in [1.165, 1.54) is 0 Å². The van der Waals surface area contributed by atoms with Crippen molar-refractivity contribution in [2.45, 2.75) is 6.92 Å². The lowest BCUT2D eigenvalue weighted by atomic mass is 10.2. The van der Waals surface area contributed by atoms with E-state index < -0.39 is 6.09 Å². The lowest BCUT2D eigenvalue weighted by Gasteiger charge is -2.05. The zero-order valence-electron chi connectivity index (χ0n) is 7.13. The van der Waals surface area contributed by atoms with Crippen LogP contribution in [0.3, 0.4) is 0 Å². The van der Waals surface area contributed by atoms with Gasteiger partial charge in [-0.3, -0.25) is 5.32 Å². The van der Waals surface area contributed by atoms with Gasteiger partial charge in [-0.1, -0.05) is 17.7 Å². The van der Waals surface area contributed by atoms with Gasteiger partial charge < -0.3 is 4.74 Å². The first-order valence-corrected chi connectivity index (χ1v) is 4.00. The smallest absolute Gasteiger partial charge is 0.411 e. The summed E-state index contributed by atoms with van der Waals surface area (Å²) in [6.45, 7) is 1.91. The summed E-state index contributed by atoms with van der Waals surface area (Å²) >= 11 is 5.84. The Kier molecular flexibility index (Phi) is 3.14. The lowest BCUT2D eigenvalue weighted by Crippen LogP contribution is -2.10. The van der Waals surface area contributed by atoms with Crippen molar-refractivity contribution >= 4 is 23.4 Å². The first-order chi connectivity index (χ1) is 6.13. The first kappa shape index (κ1) is 9.86. The molecule has 0 spiro atoms. The van der Waals surface area contributed by atoms with Crippen LogP contribution in [0, 0.1) is 14.0 Å². The molecule has 0 aromatic heterocycles. The number of hydrogen-bond donors (Lipinski definition) is 1. The summed E-state index contributed by atoms with van der Waals surface area (Å²) < 4.78 is 4.18. The molecule has 13 heavy (non-hydrogen) atoms. The molecule has 1 rings (SSSR count). The SMILES string of the molecule is [CH2]OC(=O)Nc1ccc(C)cc1Cl. The van der Waals surface area contributed by atoms with Crippen molar-refractivity contribution in [1.29, 1.82) is 0 Å². The van der Waals surface area contributed by atoms with E-state index >= 15 is 0 Å². The quantitative estimate of drug-likeness (QED) is 0.754. The number of benzene rings is 1. The van der Waals surface area contributed by atoms with Gasteiger partial charge in [0, 0.05) is 0 Å². The zero-order valence-corrected chi connectivity index (χ0v) is 7.89. The summed E-state index contributed by atoms with van der Waals surface area (Å²) in [5.41, 5.74) is 1.54. The highest BCUT2D eigenvalue weighted by molar-refractivity contribution is 6.33. The minimum Gasteiger partial charge on any atom is -0.446 e. The van der Waals surface area contributed by atoms with Gasteiger partial charge in [-0.15, -0.1) is 0 Å². The second kappa shape index (κ2) is 4.14. The minimum absolute atomic E-state index is 0.477. The van der Waals surface area contributed by atoms with Gasteiger partial charge in [-0.2, -0.15) is 0 Å². The van der Waals surface area contributed by atoms with Gasteiger partial charge in [0.25, 0.3) is 0 Å². The molecule has 1 aromatic rings. The number of halogens is 1. The van der Waals surface area contributed by atoms with Gasteiger partial charge in [0.15, 0.2) is 0 Å². The van der Waals surface area contributed by atoms with Crippen LogP contribution in [0.1, 0.15) is 5.56 Å². The molecule has 0 aliphatic rings. The summed E-state index contributed by atoms with van der Waals surface area (Å²) in [6, 6.07) is 5.29. The summed E-state index contributed by atoms with van der Waals surface area (Å²) in [7, 11) is 2.97. The molecule has 0 saturated carbocycles. The van der Waals surface area contributed by atoms with Crippen molar-refractivity contribution in [2.75, 3.05) is 5.32 Å². The van der Waals surface area contributed by atoms with Gasteiger partial charge in [0.1, 0.15) is 7.11 Å². The number of amides is 1. The number of rotatable bonds is 1. The molecule has 0 saturated heterocycles. The third-order valence-corrected chi connectivity index (χ3v) is 1.81. The predicted molar refractivity (Wildman–Crippen MR) is 51.6 cm³/mol. The van der Waals surface area contributed by atoms with Crippen LogP contribution < -0.4 is 5.32 Å². The highest BCUT2D eigenvalue weighted by atomic mass is 35.5. The van der Waals surface area contributed by atoms with E-state index in [2.05, 4.69) is 17.2 Å². The van der Waals surface area contributed by atoms with Crippen LogP contribution in [0.4, 0.5) is 10.5 Å². The normalized spacial score (nSPS) is 9.46. The van der Waals surface area contributed by atoms with Crippen molar-refractivity contribution in [1.82, 2.24) is 0 Å². The van der Waals surface area contributed by atoms with E-state index in [0.29, 0.717) is 10.7 Å². The monoisotopic (exact) mass is 198 g/mol. The van der Waals surface area contributed by atoms with Gasteiger partial charge in [0.2, 0.25) is 0 Å². The van der Waals surface area contributed by atoms with Gasteiger partial charge in [0.05, 0.1) is 10.7 Å². The van der Waals surface area contributed by atoms with Gasteiger partial charge in [-0.05, 0) is 24.6 Å². The van der Waals surface area contributed by atoms with Gasteiger partial charge >= 0.3 is 6.09 Å². The standard InChI is InChI=1S/C9H9ClNO2/c1-6-3-4-8(7(10)5-6)11-9(12)13-2/h3-5H,2H2,1H3,(H,11,12). The van der Waals surface area contributed by atoms with E-state index in [9.17, 15) is 4.79 Å². The average Bonchev–Trinajstić information content (AvgIpc) is 2.09. The van der Waals surface area contributed by atoms with Crippen molar-refractivity contribution in [3.8, 4) is 0 Å². The van der Waals surface area contributed by atoms with Crippen molar-refractivity contribution < 1.29 is 9.53 Å². The molecule has 1 aromatic carbocycles. The molecule has 0 aliphatic heterocycles. The van der Waals surface area contributed by atoms with Crippen LogP contribution in [0.25, 0.3) is 0 Å². The molecule has 4 heteroatoms. The Balaban J connectivity index is 2.83. The van der Waals surface area contributed by atoms with Crippen LogP contribution in [-0.2, 0) is 4.74 Å². The maximum absolute atomic E-state index is 10.8. The molecule has 3 nitrogen and oxygen atoms in total. The Morgan fingerprint density at radius 2 is 2.31 bits per heavy atom. The van der Waals surface area contributed by atoms with Crippen LogP contribution in [0.15, 0.2) is 18.2 Å². The van der Waals surface area contributed by atoms with Crippen LogP contribution in [0.5, 0.6) is 0 Å². The fraction of sp³-hybridized carbons (Fsp3) is 0.111. The Morgan fingerprint density at radius 3 is 2.85 bits per heavy atom. The van der Waals surface area contributed by atoms with Gasteiger partial charge in [-0.25, -0.2) is 4.79 Å². The highest BCUT2D eigenvalue weighted by Crippen LogP contribution is 2.22. The first-order valence-electron chi connectivity index (χ1n) is 3.62. The second-order valence-corrected chi connectivity index (χ2v) is 2.95. The number of aryl methyl sites for hydroxylation is 1. The fourth-order valence-electron chi connectivity index (χ4n) is 0.868. The number of carbonyl (C=O) groups is 1.